The minimum Gasteiger partial charge on any atom is -0.444 e. The minimum atomic E-state index is -1.07. The molecule has 9 heteroatoms. The van der Waals surface area contributed by atoms with E-state index >= 15 is 0 Å². The number of nitro groups is 1. The van der Waals surface area contributed by atoms with Gasteiger partial charge in [0.05, 0.1) is 4.92 Å². The molecule has 2 amide bonds. The summed E-state index contributed by atoms with van der Waals surface area (Å²) in [7, 11) is 3.15. The highest BCUT2D eigenvalue weighted by molar-refractivity contribution is 5.86. The van der Waals surface area contributed by atoms with Crippen LogP contribution in [0.4, 0.5) is 10.5 Å². The van der Waals surface area contributed by atoms with Gasteiger partial charge in [0.15, 0.2) is 0 Å². The van der Waals surface area contributed by atoms with E-state index in [2.05, 4.69) is 0 Å². The van der Waals surface area contributed by atoms with Crippen LogP contribution in [0, 0.1) is 10.1 Å². The number of hydrogen-bond donors (Lipinski definition) is 1. The quantitative estimate of drug-likeness (QED) is 0.650. The van der Waals surface area contributed by atoms with Crippen LogP contribution >= 0.6 is 0 Å². The molecule has 130 valence electrons. The van der Waals surface area contributed by atoms with Crippen LogP contribution in [0.1, 0.15) is 18.4 Å². The Morgan fingerprint density at radius 3 is 2.50 bits per heavy atom. The van der Waals surface area contributed by atoms with E-state index in [0.29, 0.717) is 18.4 Å². The second-order valence-corrected chi connectivity index (χ2v) is 5.69. The Balaban J connectivity index is 2.00. The van der Waals surface area contributed by atoms with Gasteiger partial charge in [0.2, 0.25) is 5.91 Å². The van der Waals surface area contributed by atoms with Gasteiger partial charge in [-0.15, -0.1) is 0 Å². The predicted octanol–water partition coefficient (Wildman–Crippen LogP) is 1.10. The highest BCUT2D eigenvalue weighted by Crippen LogP contribution is 2.25. The average molecular weight is 337 g/mol. The molecule has 1 N–H and O–H groups in total. The fourth-order valence-corrected chi connectivity index (χ4v) is 2.52. The predicted molar refractivity (Wildman–Crippen MR) is 82.8 cm³/mol. The second kappa shape index (κ2) is 7.26. The van der Waals surface area contributed by atoms with Crippen LogP contribution in [-0.4, -0.2) is 58.2 Å². The summed E-state index contributed by atoms with van der Waals surface area (Å²) < 4.78 is 5.13. The lowest BCUT2D eigenvalue weighted by molar-refractivity contribution is -0.384. The molecule has 2 rings (SSSR count). The van der Waals surface area contributed by atoms with E-state index in [-0.39, 0.29) is 18.2 Å². The second-order valence-electron chi connectivity index (χ2n) is 5.69. The number of hydrogen-bond acceptors (Lipinski definition) is 6. The largest absolute Gasteiger partial charge is 0.444 e. The molecule has 1 aromatic carbocycles. The van der Waals surface area contributed by atoms with Crippen molar-refractivity contribution in [2.24, 2.45) is 0 Å². The number of carbonyl (C=O) groups is 2. The Morgan fingerprint density at radius 2 is 1.96 bits per heavy atom. The molecule has 1 unspecified atom stereocenters. The third-order valence-corrected chi connectivity index (χ3v) is 3.80. The zero-order valence-electron chi connectivity index (χ0n) is 13.4. The normalized spacial score (nSPS) is 19.9. The first kappa shape index (κ1) is 17.7. The van der Waals surface area contributed by atoms with Gasteiger partial charge in [0.25, 0.3) is 5.69 Å². The molecule has 1 aliphatic heterocycles. The van der Waals surface area contributed by atoms with Crippen molar-refractivity contribution in [3.05, 3.63) is 39.9 Å². The van der Waals surface area contributed by atoms with Gasteiger partial charge in [-0.3, -0.25) is 19.8 Å². The maximum absolute atomic E-state index is 12.2. The number of non-ortho nitro benzene ring substituents is 1. The number of ether oxygens (including phenoxy) is 1. The number of carbonyl (C=O) groups excluding carboxylic acids is 2. The highest BCUT2D eigenvalue weighted by atomic mass is 16.6. The van der Waals surface area contributed by atoms with Crippen LogP contribution in [0.3, 0.4) is 0 Å². The Bertz CT molecular complexity index is 631. The summed E-state index contributed by atoms with van der Waals surface area (Å²) in [5.74, 6) is -0.279. The molecule has 0 radical (unpaired) electrons. The number of amides is 2. The van der Waals surface area contributed by atoms with Crippen LogP contribution < -0.4 is 0 Å². The van der Waals surface area contributed by atoms with E-state index in [1.54, 1.807) is 14.1 Å². The van der Waals surface area contributed by atoms with Gasteiger partial charge in [-0.05, 0) is 30.5 Å². The molecule has 1 saturated heterocycles. The summed E-state index contributed by atoms with van der Waals surface area (Å²) in [6.45, 7) is -0.108. The van der Waals surface area contributed by atoms with Crippen molar-refractivity contribution in [2.45, 2.75) is 31.7 Å². The van der Waals surface area contributed by atoms with Gasteiger partial charge in [-0.2, -0.15) is 0 Å². The topological polar surface area (TPSA) is 113 Å². The summed E-state index contributed by atoms with van der Waals surface area (Å²) in [5.41, 5.74) is 0.509. The van der Waals surface area contributed by atoms with Crippen LogP contribution in [0.15, 0.2) is 24.3 Å². The standard InChI is InChI=1S/C15H19N3O6/c1-16(2)14(20)12-7-8-13(19)17(12)15(21)24-9-10-3-5-11(6-4-10)18(22)23/h3-6,12-13,19H,7-9H2,1-2H3/t12-,13?/m0/s1. The zero-order chi connectivity index (χ0) is 17.9. The van der Waals surface area contributed by atoms with Gasteiger partial charge in [0.1, 0.15) is 18.9 Å². The zero-order valence-corrected chi connectivity index (χ0v) is 13.4. The van der Waals surface area contributed by atoms with Gasteiger partial charge in [-0.25, -0.2) is 4.79 Å². The molecule has 0 spiro atoms. The summed E-state index contributed by atoms with van der Waals surface area (Å²) in [4.78, 5) is 36.8. The van der Waals surface area contributed by atoms with Crippen molar-refractivity contribution in [1.29, 1.82) is 0 Å². The van der Waals surface area contributed by atoms with E-state index in [9.17, 15) is 24.8 Å². The van der Waals surface area contributed by atoms with E-state index in [0.717, 1.165) is 4.90 Å². The Labute approximate surface area is 138 Å². The maximum Gasteiger partial charge on any atom is 0.412 e. The van der Waals surface area contributed by atoms with Crippen molar-refractivity contribution in [1.82, 2.24) is 9.80 Å². The SMILES string of the molecule is CN(C)C(=O)[C@@H]1CCC(O)N1C(=O)OCc1ccc([N+](=O)[O-])cc1. The number of nitro benzene ring substituents is 1. The molecule has 0 aliphatic carbocycles. The smallest absolute Gasteiger partial charge is 0.412 e. The number of benzene rings is 1. The lowest BCUT2D eigenvalue weighted by Crippen LogP contribution is -2.48. The van der Waals surface area contributed by atoms with Crippen LogP contribution in [0.25, 0.3) is 0 Å². The highest BCUT2D eigenvalue weighted by Gasteiger charge is 2.41. The molecular formula is C15H19N3O6. The molecule has 2 atom stereocenters. The van der Waals surface area contributed by atoms with Crippen molar-refractivity contribution >= 4 is 17.7 Å². The third kappa shape index (κ3) is 3.80. The number of nitrogens with zero attached hydrogens (tertiary/aromatic N) is 3. The Kier molecular flexibility index (Phi) is 5.35. The Hall–Kier alpha value is -2.68. The van der Waals surface area contributed by atoms with E-state index in [4.69, 9.17) is 4.74 Å². The van der Waals surface area contributed by atoms with Gasteiger partial charge in [0, 0.05) is 26.2 Å². The lowest BCUT2D eigenvalue weighted by Gasteiger charge is -2.27. The van der Waals surface area contributed by atoms with Crippen molar-refractivity contribution in [2.75, 3.05) is 14.1 Å². The number of aliphatic hydroxyl groups excluding tert-OH is 1. The first-order valence-corrected chi connectivity index (χ1v) is 7.39. The molecule has 24 heavy (non-hydrogen) atoms. The fraction of sp³-hybridized carbons (Fsp3) is 0.467. The van der Waals surface area contributed by atoms with Crippen molar-refractivity contribution in [3.8, 4) is 0 Å². The maximum atomic E-state index is 12.2. The molecule has 0 bridgehead atoms. The van der Waals surface area contributed by atoms with Gasteiger partial charge in [-0.1, -0.05) is 0 Å². The first-order valence-electron chi connectivity index (χ1n) is 7.39. The first-order chi connectivity index (χ1) is 11.3. The van der Waals surface area contributed by atoms with Crippen LogP contribution in [0.5, 0.6) is 0 Å². The van der Waals surface area contributed by atoms with Crippen molar-refractivity contribution in [3.63, 3.8) is 0 Å². The lowest BCUT2D eigenvalue weighted by atomic mass is 10.2. The molecule has 1 aliphatic rings. The number of likely N-dealkylation sites (tertiary alicyclic amines) is 1. The van der Waals surface area contributed by atoms with E-state index in [1.807, 2.05) is 0 Å². The number of likely N-dealkylation sites (N-methyl/N-ethyl adjacent to an activating group) is 1. The number of aliphatic hydroxyl groups is 1. The Morgan fingerprint density at radius 1 is 1.33 bits per heavy atom. The summed E-state index contributed by atoms with van der Waals surface area (Å²) >= 11 is 0. The van der Waals surface area contributed by atoms with E-state index < -0.39 is 23.3 Å². The summed E-state index contributed by atoms with van der Waals surface area (Å²) in [6.07, 6.45) is -1.19. The van der Waals surface area contributed by atoms with Gasteiger partial charge >= 0.3 is 6.09 Å². The van der Waals surface area contributed by atoms with Crippen LogP contribution in [-0.2, 0) is 16.1 Å². The van der Waals surface area contributed by atoms with E-state index in [1.165, 1.54) is 29.2 Å². The fourth-order valence-electron chi connectivity index (χ4n) is 2.52. The van der Waals surface area contributed by atoms with Crippen LogP contribution in [0.2, 0.25) is 0 Å². The average Bonchev–Trinajstić information content (AvgIpc) is 2.93. The summed E-state index contributed by atoms with van der Waals surface area (Å²) in [5, 5.41) is 20.5. The summed E-state index contributed by atoms with van der Waals surface area (Å²) in [6, 6.07) is 4.83. The molecule has 0 aromatic heterocycles. The monoisotopic (exact) mass is 337 g/mol. The molecule has 0 saturated carbocycles. The van der Waals surface area contributed by atoms with Crippen molar-refractivity contribution < 1.29 is 24.4 Å². The molecule has 1 aromatic rings. The molecule has 1 heterocycles. The molecule has 9 nitrogen and oxygen atoms in total. The number of rotatable bonds is 4. The minimum absolute atomic E-state index is 0.0586. The molecular weight excluding hydrogens is 318 g/mol. The third-order valence-electron chi connectivity index (χ3n) is 3.80. The van der Waals surface area contributed by atoms with Gasteiger partial charge < -0.3 is 14.7 Å². The molecule has 1 fully saturated rings.